The monoisotopic (exact) mass is 750 g/mol. The molecule has 3 aromatic carbocycles. The van der Waals surface area contributed by atoms with Gasteiger partial charge in [0.2, 0.25) is 0 Å². The number of carbonyl (C=O) groups excluding carboxylic acids is 1. The topological polar surface area (TPSA) is 97.6 Å². The van der Waals surface area contributed by atoms with Crippen LogP contribution in [0.4, 0.5) is 0 Å². The molecule has 4 aromatic rings. The lowest BCUT2D eigenvalue weighted by molar-refractivity contribution is -0.139. The molecule has 0 saturated heterocycles. The van der Waals surface area contributed by atoms with Crippen LogP contribution in [0.3, 0.4) is 0 Å². The predicted octanol–water partition coefficient (Wildman–Crippen LogP) is 7.61. The van der Waals surface area contributed by atoms with Crippen molar-refractivity contribution in [3.63, 3.8) is 0 Å². The lowest BCUT2D eigenvalue weighted by atomic mass is 9.95. The van der Waals surface area contributed by atoms with Crippen LogP contribution < -0.4 is 33.8 Å². The van der Waals surface area contributed by atoms with E-state index in [2.05, 4.69) is 6.58 Å². The molecular weight excluding hydrogens is 711 g/mol. The maximum atomic E-state index is 14.4. The summed E-state index contributed by atoms with van der Waals surface area (Å²) in [4.78, 5) is 32.9. The molecule has 0 fully saturated rings. The van der Waals surface area contributed by atoms with E-state index in [-0.39, 0.29) is 30.5 Å². The highest BCUT2D eigenvalue weighted by Crippen LogP contribution is 2.38. The third-order valence-electron chi connectivity index (χ3n) is 7.89. The van der Waals surface area contributed by atoms with Gasteiger partial charge in [-0.25, -0.2) is 9.79 Å². The van der Waals surface area contributed by atoms with Gasteiger partial charge in [0.25, 0.3) is 5.56 Å². The standard InChI is InChI=1S/C39H40Cl2N2O7S/c1-8-11-26-16-24(17-32(47-9-2)36(26)49-21-27-12-14-28(40)20-29(27)41)18-33-37(44)43-35(25-13-15-30(50-22(4)5)31(19-25)46-7)34(38(45)48-10-3)23(6)42-39(43)51-33/h8,12-20,22,35H,1,9-11,21H2,2-7H3/b33-18-/t35-/m0/s1. The summed E-state index contributed by atoms with van der Waals surface area (Å²) in [6.07, 6.45) is 3.96. The first-order chi connectivity index (χ1) is 24.5. The molecule has 0 saturated carbocycles. The molecule has 0 N–H and O–H groups in total. The Morgan fingerprint density at radius 2 is 1.80 bits per heavy atom. The van der Waals surface area contributed by atoms with Crippen molar-refractivity contribution in [1.29, 1.82) is 0 Å². The number of methoxy groups -OCH3 is 1. The molecule has 0 radical (unpaired) electrons. The Bertz CT molecular complexity index is 2170. The number of carbonyl (C=O) groups is 1. The first-order valence-corrected chi connectivity index (χ1v) is 18.1. The largest absolute Gasteiger partial charge is 0.493 e. The van der Waals surface area contributed by atoms with E-state index in [0.29, 0.717) is 72.2 Å². The minimum absolute atomic E-state index is 0.0856. The molecule has 0 spiro atoms. The fourth-order valence-corrected chi connectivity index (χ4v) is 7.26. The summed E-state index contributed by atoms with van der Waals surface area (Å²) in [7, 11) is 1.55. The first kappa shape index (κ1) is 37.7. The van der Waals surface area contributed by atoms with Crippen LogP contribution in [0.5, 0.6) is 23.0 Å². The number of aromatic nitrogens is 1. The van der Waals surface area contributed by atoms with Crippen molar-refractivity contribution >= 4 is 46.6 Å². The fourth-order valence-electron chi connectivity index (χ4n) is 5.75. The molecule has 268 valence electrons. The van der Waals surface area contributed by atoms with Gasteiger partial charge in [-0.2, -0.15) is 0 Å². The summed E-state index contributed by atoms with van der Waals surface area (Å²) < 4.78 is 31.3. The van der Waals surface area contributed by atoms with E-state index < -0.39 is 12.0 Å². The number of fused-ring (bicyclic) bond motifs is 1. The number of esters is 1. The maximum absolute atomic E-state index is 14.4. The highest BCUT2D eigenvalue weighted by atomic mass is 35.5. The molecule has 5 rings (SSSR count). The molecule has 9 nitrogen and oxygen atoms in total. The van der Waals surface area contributed by atoms with Crippen molar-refractivity contribution in [1.82, 2.24) is 4.57 Å². The van der Waals surface area contributed by atoms with E-state index in [1.165, 1.54) is 15.9 Å². The number of ether oxygens (including phenoxy) is 5. The molecular formula is C39H40Cl2N2O7S. The SMILES string of the molecule is C=CCc1cc(/C=c2\sc3n(c2=O)[C@@H](c2ccc(OC(C)C)c(OC)c2)C(C(=O)OCC)=C(C)N=3)cc(OCC)c1OCc1ccc(Cl)cc1Cl. The molecule has 1 aliphatic rings. The van der Waals surface area contributed by atoms with Crippen LogP contribution in [0, 0.1) is 0 Å². The van der Waals surface area contributed by atoms with E-state index in [1.54, 1.807) is 57.4 Å². The van der Waals surface area contributed by atoms with Crippen molar-refractivity contribution < 1.29 is 28.5 Å². The third-order valence-corrected chi connectivity index (χ3v) is 9.46. The van der Waals surface area contributed by atoms with Gasteiger partial charge in [0.05, 0.1) is 48.3 Å². The maximum Gasteiger partial charge on any atom is 0.338 e. The smallest absolute Gasteiger partial charge is 0.338 e. The highest BCUT2D eigenvalue weighted by molar-refractivity contribution is 7.07. The van der Waals surface area contributed by atoms with Crippen molar-refractivity contribution in [3.05, 3.63) is 124 Å². The second kappa shape index (κ2) is 16.7. The highest BCUT2D eigenvalue weighted by Gasteiger charge is 2.34. The van der Waals surface area contributed by atoms with Gasteiger partial charge in [-0.1, -0.05) is 52.7 Å². The van der Waals surface area contributed by atoms with Crippen LogP contribution >= 0.6 is 34.5 Å². The molecule has 0 amide bonds. The van der Waals surface area contributed by atoms with Gasteiger partial charge in [0.15, 0.2) is 27.8 Å². The zero-order chi connectivity index (χ0) is 36.8. The lowest BCUT2D eigenvalue weighted by Gasteiger charge is -2.25. The van der Waals surface area contributed by atoms with E-state index in [9.17, 15) is 9.59 Å². The minimum atomic E-state index is -0.824. The molecule has 0 unspecified atom stereocenters. The molecule has 51 heavy (non-hydrogen) atoms. The fraction of sp³-hybridized carbons (Fsp3) is 0.308. The van der Waals surface area contributed by atoms with Crippen LogP contribution in [0.25, 0.3) is 6.08 Å². The van der Waals surface area contributed by atoms with Crippen molar-refractivity contribution in [2.75, 3.05) is 20.3 Å². The molecule has 2 heterocycles. The predicted molar refractivity (Wildman–Crippen MR) is 201 cm³/mol. The average Bonchev–Trinajstić information content (AvgIpc) is 3.38. The average molecular weight is 752 g/mol. The summed E-state index contributed by atoms with van der Waals surface area (Å²) in [6, 6.07) is 13.6. The van der Waals surface area contributed by atoms with Gasteiger partial charge in [0, 0.05) is 21.2 Å². The van der Waals surface area contributed by atoms with Gasteiger partial charge < -0.3 is 23.7 Å². The first-order valence-electron chi connectivity index (χ1n) is 16.5. The van der Waals surface area contributed by atoms with E-state index in [0.717, 1.165) is 11.1 Å². The number of hydrogen-bond donors (Lipinski definition) is 0. The Hall–Kier alpha value is -4.51. The second-order valence-corrected chi connectivity index (χ2v) is 13.7. The molecule has 1 aliphatic heterocycles. The van der Waals surface area contributed by atoms with Crippen LogP contribution in [0.2, 0.25) is 10.0 Å². The summed E-state index contributed by atoms with van der Waals surface area (Å²) >= 11 is 13.7. The Labute approximate surface area is 311 Å². The number of hydrogen-bond acceptors (Lipinski definition) is 9. The van der Waals surface area contributed by atoms with Crippen molar-refractivity contribution in [2.24, 2.45) is 4.99 Å². The molecule has 1 aromatic heterocycles. The third kappa shape index (κ3) is 8.35. The van der Waals surface area contributed by atoms with Crippen molar-refractivity contribution in [3.8, 4) is 23.0 Å². The summed E-state index contributed by atoms with van der Waals surface area (Å²) in [6.45, 7) is 13.9. The van der Waals surface area contributed by atoms with Crippen molar-refractivity contribution in [2.45, 2.75) is 59.8 Å². The van der Waals surface area contributed by atoms with Crippen LogP contribution in [-0.4, -0.2) is 37.0 Å². The van der Waals surface area contributed by atoms with Crippen LogP contribution in [-0.2, 0) is 22.6 Å². The van der Waals surface area contributed by atoms with Gasteiger partial charge in [-0.3, -0.25) is 9.36 Å². The zero-order valence-corrected chi connectivity index (χ0v) is 31.7. The quantitative estimate of drug-likeness (QED) is 0.0967. The summed E-state index contributed by atoms with van der Waals surface area (Å²) in [5, 5.41) is 1.03. The number of halogens is 2. The Kier molecular flexibility index (Phi) is 12.3. The summed E-state index contributed by atoms with van der Waals surface area (Å²) in [5.74, 6) is 1.53. The van der Waals surface area contributed by atoms with Gasteiger partial charge in [0.1, 0.15) is 6.61 Å². The van der Waals surface area contributed by atoms with Gasteiger partial charge >= 0.3 is 5.97 Å². The zero-order valence-electron chi connectivity index (χ0n) is 29.4. The molecule has 12 heteroatoms. The van der Waals surface area contributed by atoms with Gasteiger partial charge in [-0.05, 0) is 94.6 Å². The molecule has 0 aliphatic carbocycles. The van der Waals surface area contributed by atoms with E-state index in [1.807, 2.05) is 45.0 Å². The van der Waals surface area contributed by atoms with E-state index in [4.69, 9.17) is 51.9 Å². The Balaban J connectivity index is 1.64. The van der Waals surface area contributed by atoms with Crippen LogP contribution in [0.1, 0.15) is 62.9 Å². The number of allylic oxidation sites excluding steroid dienone is 2. The molecule has 0 bridgehead atoms. The minimum Gasteiger partial charge on any atom is -0.493 e. The lowest BCUT2D eigenvalue weighted by Crippen LogP contribution is -2.40. The number of thiazole rings is 1. The number of nitrogens with zero attached hydrogens (tertiary/aromatic N) is 2. The van der Waals surface area contributed by atoms with Gasteiger partial charge in [-0.15, -0.1) is 6.58 Å². The Morgan fingerprint density at radius 1 is 1.02 bits per heavy atom. The van der Waals surface area contributed by atoms with Crippen LogP contribution in [0.15, 0.2) is 82.2 Å². The number of rotatable bonds is 14. The number of benzene rings is 3. The normalized spacial score (nSPS) is 14.2. The Morgan fingerprint density at radius 3 is 2.47 bits per heavy atom. The summed E-state index contributed by atoms with van der Waals surface area (Å²) in [5.41, 5.74) is 3.35. The molecule has 1 atom stereocenters. The second-order valence-electron chi connectivity index (χ2n) is 11.8. The van der Waals surface area contributed by atoms with E-state index >= 15 is 0 Å².